The monoisotopic (exact) mass is 503 g/mol. The van der Waals surface area contributed by atoms with E-state index in [1.807, 2.05) is 0 Å². The van der Waals surface area contributed by atoms with Crippen molar-refractivity contribution in [2.75, 3.05) is 26.3 Å². The maximum Gasteiger partial charge on any atom is 1.00 e. The fourth-order valence-corrected chi connectivity index (χ4v) is 2.80. The summed E-state index contributed by atoms with van der Waals surface area (Å²) in [6.07, 6.45) is 4.30. The summed E-state index contributed by atoms with van der Waals surface area (Å²) < 4.78 is 5.09. The van der Waals surface area contributed by atoms with E-state index < -0.39 is 5.91 Å². The van der Waals surface area contributed by atoms with Gasteiger partial charge in [0, 0.05) is 27.4 Å². The summed E-state index contributed by atoms with van der Waals surface area (Å²) in [6.45, 7) is 0.366. The molecule has 0 unspecified atom stereocenters. The van der Waals surface area contributed by atoms with E-state index in [0.29, 0.717) is 37.2 Å². The van der Waals surface area contributed by atoms with Gasteiger partial charge < -0.3 is 25.0 Å². The van der Waals surface area contributed by atoms with Gasteiger partial charge in [0.25, 0.3) is 0 Å². The molecular weight excluding hydrogens is 476 g/mol. The van der Waals surface area contributed by atoms with Crippen LogP contribution in [0.25, 0.3) is 5.32 Å². The van der Waals surface area contributed by atoms with Gasteiger partial charge in [-0.1, -0.05) is 30.7 Å². The van der Waals surface area contributed by atoms with Gasteiger partial charge in [-0.05, 0) is 18.4 Å². The standard InChI is InChI=1S/C21H27N3O6.Rb.H2/c25-11-4-2-1-3-9-22-18(26)14-30-15-19(27)23-17-7-5-6-16(12-17)13-21(29)24-10-8-20(24)28;;/h5-7,11-12H,1-4,8-10,13-15H2,(H2,22,23,26,27);;1H/q;+1;/p-1. The summed E-state index contributed by atoms with van der Waals surface area (Å²) in [4.78, 5) is 58.3. The van der Waals surface area contributed by atoms with Gasteiger partial charge in [-0.15, -0.1) is 5.69 Å². The van der Waals surface area contributed by atoms with Crippen LogP contribution in [0.1, 0.15) is 39.1 Å². The summed E-state index contributed by atoms with van der Waals surface area (Å²) >= 11 is 0. The van der Waals surface area contributed by atoms with Crippen molar-refractivity contribution in [1.29, 1.82) is 0 Å². The maximum absolute atomic E-state index is 12.0. The molecule has 1 saturated heterocycles. The number of aldehydes is 1. The predicted molar refractivity (Wildman–Crippen MR) is 110 cm³/mol. The number of ether oxygens (including phenoxy) is 1. The maximum atomic E-state index is 12.0. The third-order valence-electron chi connectivity index (χ3n) is 4.45. The average Bonchev–Trinajstić information content (AvgIpc) is 2.69. The van der Waals surface area contributed by atoms with Crippen LogP contribution in [0.4, 0.5) is 5.69 Å². The van der Waals surface area contributed by atoms with Gasteiger partial charge in [0.1, 0.15) is 12.9 Å². The SMILES string of the molecule is O=CCCCCCNC(=O)COCC(=O)[N-]c1cccc(CC(=O)N2CCC2=O)c1.[HH].[Rb+]. The molecule has 0 aliphatic carbocycles. The molecule has 0 bridgehead atoms. The van der Waals surface area contributed by atoms with Gasteiger partial charge in [-0.2, -0.15) is 0 Å². The molecule has 1 aliphatic rings. The number of carbonyl (C=O) groups is 5. The zero-order valence-electron chi connectivity index (χ0n) is 17.8. The van der Waals surface area contributed by atoms with E-state index in [4.69, 9.17) is 4.74 Å². The smallest absolute Gasteiger partial charge is 0.625 e. The normalized spacial score (nSPS) is 12.4. The van der Waals surface area contributed by atoms with Gasteiger partial charge in [-0.25, -0.2) is 0 Å². The Morgan fingerprint density at radius 2 is 2.00 bits per heavy atom. The molecule has 0 spiro atoms. The van der Waals surface area contributed by atoms with Crippen LogP contribution in [-0.4, -0.2) is 61.1 Å². The molecular formula is C21H28N3O6Rb. The molecule has 10 heteroatoms. The third-order valence-corrected chi connectivity index (χ3v) is 4.45. The number of likely N-dealkylation sites (tertiary alicyclic amines) is 1. The van der Waals surface area contributed by atoms with Gasteiger partial charge in [0.15, 0.2) is 0 Å². The third kappa shape index (κ3) is 10.7. The number of nitrogens with zero attached hydrogens (tertiary/aromatic N) is 2. The van der Waals surface area contributed by atoms with Crippen LogP contribution < -0.4 is 63.5 Å². The van der Waals surface area contributed by atoms with Crippen LogP contribution >= 0.6 is 0 Å². The first-order chi connectivity index (χ1) is 14.5. The molecule has 1 heterocycles. The molecule has 1 aromatic rings. The van der Waals surface area contributed by atoms with Crippen molar-refractivity contribution in [3.8, 4) is 0 Å². The molecule has 1 N–H and O–H groups in total. The summed E-state index contributed by atoms with van der Waals surface area (Å²) in [5.74, 6) is -1.31. The molecule has 164 valence electrons. The zero-order valence-corrected chi connectivity index (χ0v) is 22.7. The van der Waals surface area contributed by atoms with Gasteiger partial charge in [0.05, 0.1) is 18.9 Å². The molecule has 31 heavy (non-hydrogen) atoms. The Bertz CT molecular complexity index is 793. The molecule has 1 aliphatic heterocycles. The van der Waals surface area contributed by atoms with E-state index in [9.17, 15) is 24.0 Å². The molecule has 0 atom stereocenters. The van der Waals surface area contributed by atoms with Crippen LogP contribution in [0, 0.1) is 0 Å². The number of imide groups is 1. The number of hydrogen-bond acceptors (Lipinski definition) is 6. The fraction of sp³-hybridized carbons (Fsp3) is 0.476. The van der Waals surface area contributed by atoms with E-state index in [-0.39, 0.29) is 97.0 Å². The van der Waals surface area contributed by atoms with Crippen LogP contribution in [0.2, 0.25) is 0 Å². The second-order valence-electron chi connectivity index (χ2n) is 6.90. The van der Waals surface area contributed by atoms with Crippen LogP contribution in [0.15, 0.2) is 24.3 Å². The number of nitrogens with one attached hydrogen (secondary N) is 1. The van der Waals surface area contributed by atoms with Crippen LogP contribution in [0.5, 0.6) is 0 Å². The van der Waals surface area contributed by atoms with E-state index >= 15 is 0 Å². The van der Waals surface area contributed by atoms with Gasteiger partial charge in [-0.3, -0.25) is 19.3 Å². The number of β-lactam (4-membered cyclic amide) rings is 1. The van der Waals surface area contributed by atoms with Crippen molar-refractivity contribution in [3.63, 3.8) is 0 Å². The first-order valence-corrected chi connectivity index (χ1v) is 9.94. The largest absolute Gasteiger partial charge is 1.00 e. The number of carbonyl (C=O) groups excluding carboxylic acids is 5. The second kappa shape index (κ2) is 15.5. The van der Waals surface area contributed by atoms with Crippen molar-refractivity contribution >= 4 is 35.6 Å². The van der Waals surface area contributed by atoms with Gasteiger partial charge >= 0.3 is 58.2 Å². The Morgan fingerprint density at radius 1 is 1.19 bits per heavy atom. The van der Waals surface area contributed by atoms with E-state index in [1.54, 1.807) is 24.3 Å². The van der Waals surface area contributed by atoms with E-state index in [0.717, 1.165) is 25.5 Å². The fourth-order valence-electron chi connectivity index (χ4n) is 2.80. The minimum Gasteiger partial charge on any atom is -0.625 e. The van der Waals surface area contributed by atoms with Crippen molar-refractivity contribution < 1.29 is 88.3 Å². The quantitative estimate of drug-likeness (QED) is 0.202. The Hall–Kier alpha value is -1.26. The van der Waals surface area contributed by atoms with Gasteiger partial charge in [0.2, 0.25) is 17.7 Å². The van der Waals surface area contributed by atoms with E-state index in [1.165, 1.54) is 4.90 Å². The second-order valence-corrected chi connectivity index (χ2v) is 6.90. The number of amides is 4. The molecule has 0 radical (unpaired) electrons. The number of rotatable bonds is 13. The topological polar surface area (TPSA) is 124 Å². The Labute approximate surface area is 231 Å². The minimum absolute atomic E-state index is 0. The Morgan fingerprint density at radius 3 is 2.68 bits per heavy atom. The van der Waals surface area contributed by atoms with Crippen LogP contribution in [0.3, 0.4) is 0 Å². The van der Waals surface area contributed by atoms with Crippen molar-refractivity contribution in [2.24, 2.45) is 0 Å². The molecule has 1 fully saturated rings. The Kier molecular flexibility index (Phi) is 13.9. The summed E-state index contributed by atoms with van der Waals surface area (Å²) in [7, 11) is 0. The van der Waals surface area contributed by atoms with Crippen molar-refractivity contribution in [1.82, 2.24) is 10.2 Å². The van der Waals surface area contributed by atoms with Crippen molar-refractivity contribution in [2.45, 2.75) is 38.5 Å². The van der Waals surface area contributed by atoms with Crippen LogP contribution in [-0.2, 0) is 35.1 Å². The molecule has 9 nitrogen and oxygen atoms in total. The summed E-state index contributed by atoms with van der Waals surface area (Å²) in [6, 6.07) is 6.64. The molecule has 1 aromatic carbocycles. The van der Waals surface area contributed by atoms with Crippen molar-refractivity contribution in [3.05, 3.63) is 35.1 Å². The first-order valence-electron chi connectivity index (χ1n) is 9.94. The number of hydrogen-bond donors (Lipinski definition) is 1. The molecule has 2 rings (SSSR count). The molecule has 0 aromatic heterocycles. The minimum atomic E-state index is -0.543. The number of benzene rings is 1. The number of unbranched alkanes of at least 4 members (excludes halogenated alkanes) is 3. The predicted octanol–water partition coefficient (Wildman–Crippen LogP) is -1.34. The molecule has 4 amide bonds. The first kappa shape index (κ1) is 27.8. The van der Waals surface area contributed by atoms with E-state index in [2.05, 4.69) is 10.6 Å². The molecule has 0 saturated carbocycles. The Balaban J connectivity index is 0.00000480. The average molecular weight is 504 g/mol. The summed E-state index contributed by atoms with van der Waals surface area (Å²) in [5, 5.41) is 6.58. The zero-order chi connectivity index (χ0) is 21.8. The summed E-state index contributed by atoms with van der Waals surface area (Å²) in [5.41, 5.74) is 1.03.